The van der Waals surface area contributed by atoms with E-state index in [-0.39, 0.29) is 122 Å². The molecule has 0 spiro atoms. The first kappa shape index (κ1) is 119. The Morgan fingerprint density at radius 2 is 0.474 bits per heavy atom. The van der Waals surface area contributed by atoms with Crippen molar-refractivity contribution in [3.8, 4) is 0 Å². The maximum Gasteiger partial charge on any atom is 0.472 e. The highest BCUT2D eigenvalue weighted by atomic mass is 32.2. The van der Waals surface area contributed by atoms with Crippen LogP contribution in [-0.2, 0) is 92.8 Å². The molecule has 114 heavy (non-hydrogen) atoms. The molecule has 0 aromatic carbocycles. The van der Waals surface area contributed by atoms with Gasteiger partial charge < -0.3 is 40.0 Å². The zero-order valence-electron chi connectivity index (χ0n) is 75.6. The fourth-order valence-electron chi connectivity index (χ4n) is 9.03. The van der Waals surface area contributed by atoms with Gasteiger partial charge in [-0.15, -0.1) is 0 Å². The average molecular weight is 1750 g/mol. The van der Waals surface area contributed by atoms with Crippen LogP contribution < -0.4 is 0 Å². The molecular weight excluding hydrogens is 1600 g/mol. The van der Waals surface area contributed by atoms with E-state index in [0.717, 1.165) is 24.3 Å². The second kappa shape index (κ2) is 50.2. The zero-order valence-corrected chi connectivity index (χ0v) is 80.8. The summed E-state index contributed by atoms with van der Waals surface area (Å²) in [6, 6.07) is 0. The van der Waals surface area contributed by atoms with Gasteiger partial charge in [-0.05, 0) is 102 Å². The van der Waals surface area contributed by atoms with Crippen LogP contribution in [0, 0.1) is 43.3 Å². The first-order valence-electron chi connectivity index (χ1n) is 39.2. The standard InChI is InChI=1S/C22H43O7PS.C21H41O7PS.C19H37O7P.C18H35O7P/c1-20(2,3)15-28-30(26,27)29-16-22(7,8)19(25)18(24)13-9-11-17(23)12-10-14-31-21(4,5)6;1-19(2,3)28-29(25,26)27-15-21(7,8)18(24)17(23)13-9-11-16(22)12-10-14-30-20(4,5)6;1-17(2,3)12-25-27(23,24)26-13-19(7,8)16(22)14(20)10-9-11-15(21)18(4,5)6;1-16(2,3)14(20)11-9-10-13(19)15(21)18(7,8)12-24-26(22,23)25-17(4,5)6/h19,25H,9-16H2,1-8H3,(H,26,27);18,24H,9-15H2,1-8H3,(H,25,26);16,22H,9-13H2,1-8H3,(H,23,24);15,21H,9-12H2,1-8H3,(H,22,23). The lowest BCUT2D eigenvalue weighted by Crippen LogP contribution is -2.40. The van der Waals surface area contributed by atoms with Gasteiger partial charge in [0, 0.05) is 106 Å². The SMILES string of the molecule is CC(C)(C)COP(=O)(O)OCC(C)(C)C(O)C(=O)CCCC(=O)C(C)(C)C.CC(C)(C)COP(=O)(O)OCC(C)(C)C(O)C(=O)CCCC(=O)CCCSC(C)(C)C.CC(C)(C)OP(=O)(O)OCC(C)(C)C(O)C(=O)CCCC(=O)C(C)(C)C.CC(C)(C)OP(=O)(O)OCC(C)(C)C(O)C(=O)CCCC(=O)CCCSC(C)(C)C. The van der Waals surface area contributed by atoms with Gasteiger partial charge in [-0.25, -0.2) is 18.3 Å². The molecule has 8 unspecified atom stereocenters. The monoisotopic (exact) mass is 1750 g/mol. The van der Waals surface area contributed by atoms with Gasteiger partial charge in [-0.1, -0.05) is 180 Å². The molecule has 0 amide bonds. The second-order valence-electron chi connectivity index (χ2n) is 40.4. The number of Topliss-reactive ketones (excluding diaryl/α,β-unsaturated/α-hetero) is 8. The number of hydrogen-bond donors (Lipinski definition) is 8. The van der Waals surface area contributed by atoms with Crippen molar-refractivity contribution >= 4 is 101 Å². The van der Waals surface area contributed by atoms with Crippen molar-refractivity contribution < 1.29 is 133 Å². The van der Waals surface area contributed by atoms with Crippen LogP contribution in [0.25, 0.3) is 0 Å². The number of carbonyl (C=O) groups excluding carboxylic acids is 8. The van der Waals surface area contributed by atoms with E-state index in [2.05, 4.69) is 41.5 Å². The average Bonchev–Trinajstić information content (AvgIpc) is 0.850. The molecule has 0 radical (unpaired) electrons. The maximum absolute atomic E-state index is 12.3. The third kappa shape index (κ3) is 63.3. The van der Waals surface area contributed by atoms with Crippen LogP contribution in [0.4, 0.5) is 0 Å². The molecule has 0 aliphatic rings. The number of aliphatic hydroxyl groups excluding tert-OH is 4. The third-order valence-electron chi connectivity index (χ3n) is 16.0. The van der Waals surface area contributed by atoms with Crippen molar-refractivity contribution in [3.05, 3.63) is 0 Å². The number of carbonyl (C=O) groups is 8. The van der Waals surface area contributed by atoms with Crippen LogP contribution >= 0.6 is 54.8 Å². The number of phosphoric ester groups is 4. The quantitative estimate of drug-likeness (QED) is 0.0207. The van der Waals surface area contributed by atoms with Crippen LogP contribution in [0.3, 0.4) is 0 Å². The highest BCUT2D eigenvalue weighted by Crippen LogP contribution is 2.51. The number of ketones is 8. The van der Waals surface area contributed by atoms with Gasteiger partial charge in [0.15, 0.2) is 23.1 Å². The Morgan fingerprint density at radius 3 is 0.667 bits per heavy atom. The Bertz CT molecular complexity index is 3150. The fraction of sp³-hybridized carbons (Fsp3) is 0.900. The third-order valence-corrected chi connectivity index (χ3v) is 23.0. The van der Waals surface area contributed by atoms with Gasteiger partial charge >= 0.3 is 31.3 Å². The smallest absolute Gasteiger partial charge is 0.385 e. The maximum atomic E-state index is 12.3. The first-order chi connectivity index (χ1) is 50.4. The van der Waals surface area contributed by atoms with Gasteiger partial charge in [0.2, 0.25) is 0 Å². The summed E-state index contributed by atoms with van der Waals surface area (Å²) in [5.41, 5.74) is -7.58. The molecular formula is C80H156O28P4S2. The molecule has 0 aromatic rings. The Balaban J connectivity index is -0.000000709. The summed E-state index contributed by atoms with van der Waals surface area (Å²) >= 11 is 3.65. The Hall–Kier alpha value is -1.66. The number of phosphoric acid groups is 4. The van der Waals surface area contributed by atoms with Crippen molar-refractivity contribution in [2.75, 3.05) is 51.1 Å². The molecule has 0 heterocycles. The van der Waals surface area contributed by atoms with Crippen molar-refractivity contribution in [2.45, 2.75) is 369 Å². The highest BCUT2D eigenvalue weighted by Gasteiger charge is 2.42. The molecule has 676 valence electrons. The van der Waals surface area contributed by atoms with Gasteiger partial charge in [-0.3, -0.25) is 74.5 Å². The van der Waals surface area contributed by atoms with Gasteiger partial charge in [0.1, 0.15) is 47.5 Å². The van der Waals surface area contributed by atoms with Crippen LogP contribution in [0.2, 0.25) is 0 Å². The van der Waals surface area contributed by atoms with E-state index in [1.165, 1.54) is 0 Å². The molecule has 34 heteroatoms. The summed E-state index contributed by atoms with van der Waals surface area (Å²) in [6.07, 6.45) is 0.0411. The predicted octanol–water partition coefficient (Wildman–Crippen LogP) is 17.7. The Kier molecular flexibility index (Phi) is 52.2. The van der Waals surface area contributed by atoms with E-state index >= 15 is 0 Å². The molecule has 28 nitrogen and oxygen atoms in total. The fourth-order valence-corrected chi connectivity index (χ4v) is 15.6. The molecule has 0 saturated carbocycles. The van der Waals surface area contributed by atoms with Gasteiger partial charge in [-0.2, -0.15) is 23.5 Å². The zero-order chi connectivity index (χ0) is 91.0. The summed E-state index contributed by atoms with van der Waals surface area (Å²) in [7, 11) is -17.2. The lowest BCUT2D eigenvalue weighted by molar-refractivity contribution is -0.136. The van der Waals surface area contributed by atoms with E-state index in [9.17, 15) is 96.6 Å². The summed E-state index contributed by atoms with van der Waals surface area (Å²) in [6.45, 7) is 55.9. The van der Waals surface area contributed by atoms with Crippen LogP contribution in [0.5, 0.6) is 0 Å². The van der Waals surface area contributed by atoms with Crippen LogP contribution in [-0.4, -0.2) is 183 Å². The van der Waals surface area contributed by atoms with Crippen molar-refractivity contribution in [3.63, 3.8) is 0 Å². The van der Waals surface area contributed by atoms with Gasteiger partial charge in [0.05, 0.1) is 50.8 Å². The number of thioether (sulfide) groups is 2. The molecule has 0 saturated heterocycles. The van der Waals surface area contributed by atoms with Crippen molar-refractivity contribution in [2.24, 2.45) is 43.3 Å². The van der Waals surface area contributed by atoms with Gasteiger partial charge in [0.25, 0.3) is 0 Å². The Labute approximate surface area is 694 Å². The lowest BCUT2D eigenvalue weighted by atomic mass is 9.83. The van der Waals surface area contributed by atoms with E-state index in [1.807, 2.05) is 107 Å². The largest absolute Gasteiger partial charge is 0.472 e. The predicted molar refractivity (Wildman–Crippen MR) is 452 cm³/mol. The van der Waals surface area contributed by atoms with Crippen molar-refractivity contribution in [1.29, 1.82) is 0 Å². The summed E-state index contributed by atoms with van der Waals surface area (Å²) in [5, 5.41) is 41.3. The molecule has 0 aliphatic carbocycles. The van der Waals surface area contributed by atoms with Crippen molar-refractivity contribution in [1.82, 2.24) is 0 Å². The number of hydrogen-bond acceptors (Lipinski definition) is 26. The first-order valence-corrected chi connectivity index (χ1v) is 47.2. The molecule has 0 bridgehead atoms. The number of aliphatic hydroxyl groups is 4. The van der Waals surface area contributed by atoms with E-state index in [4.69, 9.17) is 36.2 Å². The molecule has 0 aliphatic heterocycles. The van der Waals surface area contributed by atoms with Crippen LogP contribution in [0.1, 0.15) is 324 Å². The minimum Gasteiger partial charge on any atom is -0.385 e. The molecule has 0 rings (SSSR count). The minimum atomic E-state index is -4.31. The Morgan fingerprint density at radius 1 is 0.281 bits per heavy atom. The number of rotatable bonds is 50. The minimum absolute atomic E-state index is 0.0322. The molecule has 8 atom stereocenters. The summed E-state index contributed by atoms with van der Waals surface area (Å²) in [4.78, 5) is 136. The van der Waals surface area contributed by atoms with E-state index in [0.29, 0.717) is 51.4 Å². The van der Waals surface area contributed by atoms with Crippen LogP contribution in [0.15, 0.2) is 0 Å². The highest BCUT2D eigenvalue weighted by molar-refractivity contribution is 8.00. The van der Waals surface area contributed by atoms with E-state index in [1.54, 1.807) is 96.9 Å². The summed E-state index contributed by atoms with van der Waals surface area (Å²) < 4.78 is 88.0. The molecule has 0 aromatic heterocycles. The topological polar surface area (TPSA) is 441 Å². The molecule has 8 N–H and O–H groups in total. The summed E-state index contributed by atoms with van der Waals surface area (Å²) in [5.74, 6) is 0.541. The van der Waals surface area contributed by atoms with E-state index < -0.39 is 123 Å². The second-order valence-corrected chi connectivity index (χ2v) is 49.9. The lowest BCUT2D eigenvalue weighted by Gasteiger charge is -2.31. The molecule has 0 fully saturated rings. The normalized spacial score (nSPS) is 16.4.